The van der Waals surface area contributed by atoms with Crippen LogP contribution in [0.4, 0.5) is 0 Å². The van der Waals surface area contributed by atoms with Crippen LogP contribution >= 0.6 is 0 Å². The number of rotatable bonds is 10. The van der Waals surface area contributed by atoms with Crippen LogP contribution in [0, 0.1) is 6.92 Å². The number of nitrogens with zero attached hydrogens (tertiary/aromatic N) is 4. The second kappa shape index (κ2) is 22.2. The molecular weight excluding hydrogens is 1020 g/mol. The van der Waals surface area contributed by atoms with E-state index in [4.69, 9.17) is 9.47 Å². The van der Waals surface area contributed by atoms with Crippen molar-refractivity contribution in [2.24, 2.45) is 0 Å². The standard InChI is InChI=1S/C56H48N2O4.2C2H6N.Hf/c1-36-32-44(54(59)50(33-36)57-46-24-11-5-18-38(46)39-19-6-12-25-47(39)57)42-22-9-15-28-52(42)61-30-17-31-62-53-29-16-10-23-43(53)45-34-37(56(2,3)4)35-51(55(45)60)58-48-26-13-7-20-40(48)41-21-8-14-27-49(41)58;2*1-3-2;/h5-16,18-29,32-35,59-60H,17,30-31H2,1-4H3;2*1-2H3;/q;2*-1;. The number of aromatic hydroxyl groups is 2. The van der Waals surface area contributed by atoms with Gasteiger partial charge < -0.3 is 39.5 Å². The Morgan fingerprint density at radius 1 is 0.449 bits per heavy atom. The molecule has 2 N–H and O–H groups in total. The molecule has 0 aliphatic rings. The van der Waals surface area contributed by atoms with Crippen molar-refractivity contribution < 1.29 is 45.5 Å². The van der Waals surface area contributed by atoms with E-state index in [2.05, 4.69) is 132 Å². The average Bonchev–Trinajstić information content (AvgIpc) is 3.86. The molecule has 9 heteroatoms. The van der Waals surface area contributed by atoms with Gasteiger partial charge in [-0.1, -0.05) is 130 Å². The van der Waals surface area contributed by atoms with Gasteiger partial charge in [-0.25, -0.2) is 0 Å². The Kier molecular flexibility index (Phi) is 16.2. The maximum absolute atomic E-state index is 12.3. The van der Waals surface area contributed by atoms with Crippen LogP contribution in [-0.4, -0.2) is 60.8 Å². The molecular formula is C60H60HfN4O4-2. The zero-order valence-electron chi connectivity index (χ0n) is 40.8. The first-order chi connectivity index (χ1) is 33.0. The second-order valence-electron chi connectivity index (χ2n) is 18.0. The normalized spacial score (nSPS) is 11.2. The van der Waals surface area contributed by atoms with Crippen molar-refractivity contribution in [1.29, 1.82) is 0 Å². The van der Waals surface area contributed by atoms with Crippen molar-refractivity contribution in [2.75, 3.05) is 41.4 Å². The fourth-order valence-electron chi connectivity index (χ4n) is 8.98. The van der Waals surface area contributed by atoms with Crippen LogP contribution in [0.1, 0.15) is 38.3 Å². The first-order valence-corrected chi connectivity index (χ1v) is 23.1. The minimum Gasteiger partial charge on any atom is -0.668 e. The fraction of sp³-hybridized carbons (Fsp3) is 0.200. The summed E-state index contributed by atoms with van der Waals surface area (Å²) in [4.78, 5) is 0. The Morgan fingerprint density at radius 3 is 1.17 bits per heavy atom. The van der Waals surface area contributed by atoms with E-state index < -0.39 is 0 Å². The van der Waals surface area contributed by atoms with E-state index in [0.29, 0.717) is 42.3 Å². The van der Waals surface area contributed by atoms with Crippen LogP contribution in [0.25, 0.3) is 87.9 Å². The number of para-hydroxylation sites is 6. The summed E-state index contributed by atoms with van der Waals surface area (Å²) < 4.78 is 17.3. The number of phenols is 2. The molecule has 8 aromatic carbocycles. The summed E-state index contributed by atoms with van der Waals surface area (Å²) in [5, 5.41) is 35.9. The Balaban J connectivity index is 0.000000957. The number of aryl methyl sites for hydroxylation is 1. The van der Waals surface area contributed by atoms with Gasteiger partial charge in [-0.05, 0) is 84.1 Å². The van der Waals surface area contributed by atoms with Gasteiger partial charge in [0.05, 0.1) is 46.7 Å². The van der Waals surface area contributed by atoms with Gasteiger partial charge in [-0.15, -0.1) is 0 Å². The number of benzene rings is 8. The largest absolute Gasteiger partial charge is 0.668 e. The van der Waals surface area contributed by atoms with Crippen LogP contribution < -0.4 is 9.47 Å². The Labute approximate surface area is 424 Å². The zero-order valence-corrected chi connectivity index (χ0v) is 44.4. The third kappa shape index (κ3) is 10.2. The first kappa shape index (κ1) is 50.2. The van der Waals surface area contributed by atoms with E-state index in [1.807, 2.05) is 84.9 Å². The zero-order chi connectivity index (χ0) is 48.0. The van der Waals surface area contributed by atoms with Crippen LogP contribution in [0.3, 0.4) is 0 Å². The average molecular weight is 1080 g/mol. The van der Waals surface area contributed by atoms with E-state index in [1.165, 1.54) is 0 Å². The van der Waals surface area contributed by atoms with Crippen molar-refractivity contribution in [3.63, 3.8) is 0 Å². The van der Waals surface area contributed by atoms with Crippen LogP contribution in [0.2, 0.25) is 0 Å². The summed E-state index contributed by atoms with van der Waals surface area (Å²) >= 11 is 0. The molecule has 0 spiro atoms. The minimum atomic E-state index is -0.193. The molecule has 8 nitrogen and oxygen atoms in total. The predicted molar refractivity (Wildman–Crippen MR) is 285 cm³/mol. The summed E-state index contributed by atoms with van der Waals surface area (Å²) in [6.45, 7) is 9.45. The molecule has 0 aliphatic heterocycles. The van der Waals surface area contributed by atoms with Gasteiger partial charge in [0.15, 0.2) is 0 Å². The van der Waals surface area contributed by atoms with E-state index in [9.17, 15) is 10.2 Å². The summed E-state index contributed by atoms with van der Waals surface area (Å²) in [5.41, 5.74) is 10.6. The Morgan fingerprint density at radius 2 is 0.783 bits per heavy atom. The van der Waals surface area contributed by atoms with Crippen molar-refractivity contribution >= 4 is 43.6 Å². The van der Waals surface area contributed by atoms with E-state index in [-0.39, 0.29) is 42.8 Å². The molecule has 0 bridgehead atoms. The number of phenolic OH excluding ortho intramolecular Hbond substituents is 2. The van der Waals surface area contributed by atoms with Gasteiger partial charge in [0.1, 0.15) is 23.0 Å². The quantitative estimate of drug-likeness (QED) is 0.105. The molecule has 0 saturated heterocycles. The number of hydrogen-bond donors (Lipinski definition) is 2. The topological polar surface area (TPSA) is 97.0 Å². The molecule has 2 heterocycles. The van der Waals surface area contributed by atoms with Gasteiger partial charge in [0, 0.05) is 76.1 Å². The van der Waals surface area contributed by atoms with Gasteiger partial charge in [0.2, 0.25) is 0 Å². The van der Waals surface area contributed by atoms with Crippen LogP contribution in [0.5, 0.6) is 23.0 Å². The molecule has 0 saturated carbocycles. The van der Waals surface area contributed by atoms with Crippen molar-refractivity contribution in [3.05, 3.63) is 192 Å². The fourth-order valence-corrected chi connectivity index (χ4v) is 8.98. The third-order valence-electron chi connectivity index (χ3n) is 12.0. The molecule has 10 rings (SSSR count). The second-order valence-corrected chi connectivity index (χ2v) is 18.0. The minimum absolute atomic E-state index is 0. The van der Waals surface area contributed by atoms with Gasteiger partial charge >= 0.3 is 0 Å². The maximum Gasteiger partial charge on any atom is 0.147 e. The summed E-state index contributed by atoms with van der Waals surface area (Å²) in [5.74, 6) is 1.76. The molecule has 0 fully saturated rings. The van der Waals surface area contributed by atoms with E-state index >= 15 is 0 Å². The number of ether oxygens (including phenoxy) is 2. The number of fused-ring (bicyclic) bond motifs is 6. The van der Waals surface area contributed by atoms with Gasteiger partial charge in [-0.2, -0.15) is 28.2 Å². The van der Waals surface area contributed by atoms with E-state index in [0.717, 1.165) is 77.2 Å². The molecule has 69 heavy (non-hydrogen) atoms. The van der Waals surface area contributed by atoms with Crippen LogP contribution in [0.15, 0.2) is 170 Å². The Bertz CT molecular complexity index is 3260. The van der Waals surface area contributed by atoms with Crippen molar-refractivity contribution in [2.45, 2.75) is 39.5 Å². The molecule has 350 valence electrons. The number of aromatic nitrogens is 2. The molecule has 2 aromatic heterocycles. The molecule has 0 unspecified atom stereocenters. The Hall–Kier alpha value is -6.65. The molecule has 0 aliphatic carbocycles. The molecule has 0 amide bonds. The monoisotopic (exact) mass is 1080 g/mol. The molecule has 0 atom stereocenters. The summed E-state index contributed by atoms with van der Waals surface area (Å²) in [6.07, 6.45) is 0.607. The third-order valence-corrected chi connectivity index (χ3v) is 12.0. The summed E-state index contributed by atoms with van der Waals surface area (Å²) in [6, 6.07) is 57.5. The van der Waals surface area contributed by atoms with Crippen molar-refractivity contribution in [3.8, 4) is 56.6 Å². The number of hydrogen-bond acceptors (Lipinski definition) is 4. The molecule has 0 radical (unpaired) electrons. The summed E-state index contributed by atoms with van der Waals surface area (Å²) in [7, 11) is 7.00. The SMILES string of the molecule is C[N-]C.C[N-]C.Cc1cc(-c2ccccc2OCCCOc2ccccc2-c2cc(C(C)(C)C)cc(-n3c4ccccc4c4ccccc43)c2O)c(O)c(-n2c3ccccc3c3ccccc32)c1.[Hf]. The smallest absolute Gasteiger partial charge is 0.147 e. The molecule has 10 aromatic rings. The van der Waals surface area contributed by atoms with E-state index in [1.54, 1.807) is 28.2 Å². The van der Waals surface area contributed by atoms with Gasteiger partial charge in [0.25, 0.3) is 0 Å². The maximum atomic E-state index is 12.3. The van der Waals surface area contributed by atoms with Gasteiger partial charge in [-0.3, -0.25) is 0 Å². The van der Waals surface area contributed by atoms with Crippen molar-refractivity contribution in [1.82, 2.24) is 9.13 Å². The predicted octanol–water partition coefficient (Wildman–Crippen LogP) is 15.3. The first-order valence-electron chi connectivity index (χ1n) is 23.1. The van der Waals surface area contributed by atoms with Crippen LogP contribution in [-0.2, 0) is 31.3 Å².